The van der Waals surface area contributed by atoms with E-state index in [9.17, 15) is 61.3 Å². The van der Waals surface area contributed by atoms with Crippen LogP contribution in [0.25, 0.3) is 11.1 Å². The highest BCUT2D eigenvalue weighted by atomic mass is 16.6. The van der Waals surface area contributed by atoms with E-state index in [1.54, 1.807) is 126 Å². The lowest BCUT2D eigenvalue weighted by atomic mass is 9.86. The van der Waals surface area contributed by atoms with Crippen molar-refractivity contribution in [3.05, 3.63) is 189 Å². The molecular weight excluding hydrogens is 1550 g/mol. The molecule has 12 unspecified atom stereocenters. The summed E-state index contributed by atoms with van der Waals surface area (Å²) in [6.07, 6.45) is -15.0. The summed E-state index contributed by atoms with van der Waals surface area (Å²) in [5, 5.41) is 133. The van der Waals surface area contributed by atoms with Crippen molar-refractivity contribution in [2.75, 3.05) is 89.4 Å². The van der Waals surface area contributed by atoms with Gasteiger partial charge in [-0.2, -0.15) is 0 Å². The predicted octanol–water partition coefficient (Wildman–Crippen LogP) is 12.6. The molecule has 12 atom stereocenters. The number of benzene rings is 8. The first-order valence-electron chi connectivity index (χ1n) is 39.5. The molecule has 0 bridgehead atoms. The average molecular weight is 1680 g/mol. The molecule has 0 saturated carbocycles. The SMILES string of the molecule is COc1cc(C(O)C(CO)OC(C)(C)C)ccc1OC(CO)C(O)c1cc(C)c(OC(CO)C(O)c2cc(OC)c(OC(C)(C)C)c(-c3cc(C(O)C(CO)Oc4ccc(C(O)C(CO)Oc5c(C)cc(C(C)(C)C)cc5OC)cc4C)cc(C)c3OC(C)(C)C)c2)c(OC)c1.COc1ccc(C(O)C(CO)Oc2ccccc2OC)cc1OC. The Hall–Kier alpha value is -9.56. The molecule has 8 aromatic carbocycles. The van der Waals surface area contributed by atoms with Gasteiger partial charge in [0.2, 0.25) is 0 Å². The highest BCUT2D eigenvalue weighted by molar-refractivity contribution is 5.81. The van der Waals surface area contributed by atoms with E-state index in [1.165, 1.54) is 68.0 Å². The van der Waals surface area contributed by atoms with Crippen molar-refractivity contribution >= 4 is 0 Å². The van der Waals surface area contributed by atoms with E-state index >= 15 is 0 Å². The van der Waals surface area contributed by atoms with E-state index in [0.29, 0.717) is 96.1 Å². The minimum absolute atomic E-state index is 0.101. The predicted molar refractivity (Wildman–Crippen MR) is 454 cm³/mol. The van der Waals surface area contributed by atoms with Gasteiger partial charge in [0, 0.05) is 11.1 Å². The standard InChI is InChI=1S/C75H104O21.C18H22O6/c1-40-25-44(63(81)60(37-78)92-70-43(4)28-49(72(5,6)7)34-57(70)89-20)21-23-52(40)90-58(35-76)65(83)46-26-41(2)68(95-74(11,12)13)50(29-46)51-30-48(33-56(88-19)71(51)96-75(14,15)16)67(85)61(38-79)93-69-42(3)27-47(32-55(69)87-18)66(84)59(36-77)91-53-24-22-45(31-54(53)86-17)64(82)62(39-80)94-73(8,9)10;1-21-13-6-4-5-7-15(13)24-17(11-19)18(20)12-8-9-14(22-2)16(10-12)23-3/h21-34,58-67,76-85H,35-39H2,1-20H3;4-10,17-20H,11H2,1-3H3. The monoisotopic (exact) mass is 1670 g/mol. The lowest BCUT2D eigenvalue weighted by molar-refractivity contribution is -0.129. The molecular formula is C93H126O27. The number of rotatable bonds is 39. The molecule has 0 aliphatic heterocycles. The minimum atomic E-state index is -1.60. The second-order valence-electron chi connectivity index (χ2n) is 33.2. The van der Waals surface area contributed by atoms with Gasteiger partial charge in [-0.3, -0.25) is 0 Å². The molecule has 12 N–H and O–H groups in total. The van der Waals surface area contributed by atoms with Gasteiger partial charge in [0.1, 0.15) is 65.4 Å². The number of aryl methyl sites for hydroxylation is 4. The van der Waals surface area contributed by atoms with Crippen LogP contribution in [0.3, 0.4) is 0 Å². The van der Waals surface area contributed by atoms with E-state index in [1.807, 2.05) is 73.6 Å². The van der Waals surface area contributed by atoms with Gasteiger partial charge in [0.15, 0.2) is 99.5 Å². The van der Waals surface area contributed by atoms with Gasteiger partial charge < -0.3 is 132 Å². The van der Waals surface area contributed by atoms with Gasteiger partial charge in [-0.25, -0.2) is 0 Å². The summed E-state index contributed by atoms with van der Waals surface area (Å²) >= 11 is 0. The maximum Gasteiger partial charge on any atom is 0.169 e. The molecule has 8 aromatic rings. The quantitative estimate of drug-likeness (QED) is 0.0170. The Morgan fingerprint density at radius 1 is 0.258 bits per heavy atom. The van der Waals surface area contributed by atoms with Crippen LogP contribution in [-0.4, -0.2) is 204 Å². The number of ether oxygens (including phenoxy) is 15. The maximum absolute atomic E-state index is 12.5. The first-order chi connectivity index (χ1) is 56.5. The van der Waals surface area contributed by atoms with Crippen molar-refractivity contribution in [3.8, 4) is 91.6 Å². The van der Waals surface area contributed by atoms with Gasteiger partial charge in [-0.1, -0.05) is 57.2 Å². The Morgan fingerprint density at radius 3 is 0.967 bits per heavy atom. The van der Waals surface area contributed by atoms with Gasteiger partial charge >= 0.3 is 0 Å². The molecule has 0 heterocycles. The second-order valence-corrected chi connectivity index (χ2v) is 33.2. The topological polar surface area (TPSA) is 381 Å². The Bertz CT molecular complexity index is 4610. The van der Waals surface area contributed by atoms with Crippen LogP contribution in [0.15, 0.2) is 127 Å². The van der Waals surface area contributed by atoms with Crippen molar-refractivity contribution in [3.63, 3.8) is 0 Å². The highest BCUT2D eigenvalue weighted by Gasteiger charge is 2.36. The Kier molecular flexibility index (Phi) is 34.8. The molecule has 0 amide bonds. The van der Waals surface area contributed by atoms with E-state index in [4.69, 9.17) is 71.1 Å². The summed E-state index contributed by atoms with van der Waals surface area (Å²) in [5.74, 6) is 4.48. The van der Waals surface area contributed by atoms with Crippen molar-refractivity contribution < 1.29 is 132 Å². The third-order valence-corrected chi connectivity index (χ3v) is 19.5. The summed E-state index contributed by atoms with van der Waals surface area (Å²) in [5.41, 5.74) is 3.68. The Labute approximate surface area is 704 Å². The molecule has 0 saturated heterocycles. The summed E-state index contributed by atoms with van der Waals surface area (Å²) in [7, 11) is 10.3. The number of hydrogen-bond donors (Lipinski definition) is 12. The summed E-state index contributed by atoms with van der Waals surface area (Å²) in [6.45, 7) is 26.6. The Balaban J connectivity index is 0.000000704. The van der Waals surface area contributed by atoms with Crippen molar-refractivity contribution in [2.24, 2.45) is 0 Å². The van der Waals surface area contributed by atoms with Crippen LogP contribution in [0.5, 0.6) is 80.5 Å². The fourth-order valence-electron chi connectivity index (χ4n) is 13.3. The zero-order valence-corrected chi connectivity index (χ0v) is 73.3. The summed E-state index contributed by atoms with van der Waals surface area (Å²) in [6, 6.07) is 35.2. The Morgan fingerprint density at radius 2 is 0.550 bits per heavy atom. The fourth-order valence-corrected chi connectivity index (χ4v) is 13.3. The molecule has 0 aromatic heterocycles. The fraction of sp³-hybridized carbons (Fsp3) is 0.484. The lowest BCUT2D eigenvalue weighted by Crippen LogP contribution is -2.34. The molecule has 0 fully saturated rings. The van der Waals surface area contributed by atoms with E-state index in [0.717, 1.165) is 11.1 Å². The minimum Gasteiger partial charge on any atom is -0.493 e. The van der Waals surface area contributed by atoms with Gasteiger partial charge in [-0.05, 0) is 248 Å². The number of aliphatic hydroxyl groups excluding tert-OH is 12. The van der Waals surface area contributed by atoms with Crippen LogP contribution in [0.1, 0.15) is 181 Å². The number of methoxy groups -OCH3 is 7. The highest BCUT2D eigenvalue weighted by Crippen LogP contribution is 2.50. The summed E-state index contributed by atoms with van der Waals surface area (Å²) < 4.78 is 89.1. The molecule has 0 aliphatic rings. The largest absolute Gasteiger partial charge is 0.493 e. The lowest BCUT2D eigenvalue weighted by Gasteiger charge is -2.31. The number of aliphatic hydroxyl groups is 12. The van der Waals surface area contributed by atoms with E-state index in [2.05, 4.69) is 20.8 Å². The summed E-state index contributed by atoms with van der Waals surface area (Å²) in [4.78, 5) is 0. The van der Waals surface area contributed by atoms with Gasteiger partial charge in [0.05, 0.1) is 95.0 Å². The third kappa shape index (κ3) is 25.1. The maximum atomic E-state index is 12.5. The number of hydrogen-bond acceptors (Lipinski definition) is 27. The first-order valence-corrected chi connectivity index (χ1v) is 39.5. The van der Waals surface area contributed by atoms with Crippen molar-refractivity contribution in [1.82, 2.24) is 0 Å². The molecule has 0 radical (unpaired) electrons. The molecule has 0 aliphatic carbocycles. The molecule has 8 rings (SSSR count). The first kappa shape index (κ1) is 97.6. The third-order valence-electron chi connectivity index (χ3n) is 19.5. The van der Waals surface area contributed by atoms with Gasteiger partial charge in [0.25, 0.3) is 0 Å². The average Bonchev–Trinajstić information content (AvgIpc) is 0.756. The normalized spacial score (nSPS) is 15.0. The number of para-hydroxylation sites is 2. The molecule has 0 spiro atoms. The second kappa shape index (κ2) is 42.8. The zero-order chi connectivity index (χ0) is 89.2. The molecule has 27 heteroatoms. The van der Waals surface area contributed by atoms with Crippen LogP contribution < -0.4 is 66.3 Å². The van der Waals surface area contributed by atoms with Crippen molar-refractivity contribution in [1.29, 1.82) is 0 Å². The van der Waals surface area contributed by atoms with Crippen LogP contribution in [0, 0.1) is 27.7 Å². The zero-order valence-electron chi connectivity index (χ0n) is 73.3. The van der Waals surface area contributed by atoms with E-state index in [-0.39, 0.29) is 57.6 Å². The van der Waals surface area contributed by atoms with E-state index < -0.39 is 123 Å². The van der Waals surface area contributed by atoms with Crippen LogP contribution >= 0.6 is 0 Å². The van der Waals surface area contributed by atoms with Crippen LogP contribution in [-0.2, 0) is 10.2 Å². The molecule has 660 valence electrons. The smallest absolute Gasteiger partial charge is 0.169 e. The molecule has 120 heavy (non-hydrogen) atoms. The van der Waals surface area contributed by atoms with Crippen molar-refractivity contribution in [2.45, 2.75) is 206 Å². The van der Waals surface area contributed by atoms with Gasteiger partial charge in [-0.15, -0.1) is 0 Å². The van der Waals surface area contributed by atoms with Crippen LogP contribution in [0.2, 0.25) is 0 Å². The molecule has 27 nitrogen and oxygen atoms in total. The van der Waals surface area contributed by atoms with Crippen LogP contribution in [0.4, 0.5) is 0 Å².